The predicted octanol–water partition coefficient (Wildman–Crippen LogP) is 5.34. The third kappa shape index (κ3) is 4.68. The highest BCUT2D eigenvalue weighted by Crippen LogP contribution is 2.38. The van der Waals surface area contributed by atoms with Crippen molar-refractivity contribution in [1.29, 1.82) is 0 Å². The number of nitrogens with one attached hydrogen (secondary N) is 1. The fraction of sp³-hybridized carbons (Fsp3) is 0.115. The summed E-state index contributed by atoms with van der Waals surface area (Å²) in [4.78, 5) is 25.4. The number of carbonyl (C=O) groups is 1. The Balaban J connectivity index is 1.65. The lowest BCUT2D eigenvalue weighted by Gasteiger charge is -2.15. The number of aliphatic hydroxyl groups excluding tert-OH is 1. The minimum absolute atomic E-state index is 0.0375. The molecule has 1 amide bonds. The first kappa shape index (κ1) is 25.0. The number of amides is 1. The van der Waals surface area contributed by atoms with Gasteiger partial charge in [0.25, 0.3) is 5.91 Å². The van der Waals surface area contributed by atoms with Gasteiger partial charge in [0.2, 0.25) is 0 Å². The van der Waals surface area contributed by atoms with Crippen molar-refractivity contribution in [3.63, 3.8) is 0 Å². The van der Waals surface area contributed by atoms with E-state index >= 15 is 0 Å². The van der Waals surface area contributed by atoms with Crippen molar-refractivity contribution in [3.8, 4) is 17.1 Å². The molecule has 3 aromatic heterocycles. The number of fused-ring (bicyclic) bond motifs is 1. The van der Waals surface area contributed by atoms with Crippen molar-refractivity contribution in [2.75, 3.05) is 5.32 Å². The number of aromatic nitrogens is 5. The number of hydrogen-bond donors (Lipinski definition) is 2. The number of alkyl halides is 3. The molecule has 3 heterocycles. The van der Waals surface area contributed by atoms with Gasteiger partial charge in [-0.25, -0.2) is 24.0 Å². The number of anilines is 1. The summed E-state index contributed by atoms with van der Waals surface area (Å²) in [6.07, 6.45) is -3.37. The van der Waals surface area contributed by atoms with Crippen molar-refractivity contribution in [2.24, 2.45) is 0 Å². The van der Waals surface area contributed by atoms with Crippen LogP contribution in [0.1, 0.15) is 34.6 Å². The average molecular weight is 522 g/mol. The Morgan fingerprint density at radius 1 is 1.03 bits per heavy atom. The monoisotopic (exact) mass is 522 g/mol. The molecular weight excluding hydrogens is 504 g/mol. The van der Waals surface area contributed by atoms with Gasteiger partial charge in [0.15, 0.2) is 11.6 Å². The molecule has 0 unspecified atom stereocenters. The second kappa shape index (κ2) is 9.63. The van der Waals surface area contributed by atoms with E-state index in [1.165, 1.54) is 30.1 Å². The molecule has 0 saturated carbocycles. The number of pyridine rings is 1. The van der Waals surface area contributed by atoms with Gasteiger partial charge >= 0.3 is 6.18 Å². The Hall–Kier alpha value is -4.71. The van der Waals surface area contributed by atoms with Gasteiger partial charge in [-0.3, -0.25) is 4.79 Å². The summed E-state index contributed by atoms with van der Waals surface area (Å²) < 4.78 is 57.5. The average Bonchev–Trinajstić information content (AvgIpc) is 3.26. The number of carbonyl (C=O) groups excluding carboxylic acids is 1. The highest BCUT2D eigenvalue weighted by molar-refractivity contribution is 6.08. The lowest BCUT2D eigenvalue weighted by molar-refractivity contribution is -0.137. The Bertz CT molecular complexity index is 1640. The molecule has 0 aliphatic heterocycles. The van der Waals surface area contributed by atoms with Crippen molar-refractivity contribution in [2.45, 2.75) is 19.2 Å². The molecule has 0 saturated heterocycles. The first-order valence-electron chi connectivity index (χ1n) is 11.3. The smallest absolute Gasteiger partial charge is 0.387 e. The molecule has 0 aliphatic carbocycles. The summed E-state index contributed by atoms with van der Waals surface area (Å²) in [5.74, 6) is -2.72. The zero-order valence-corrected chi connectivity index (χ0v) is 19.6. The molecule has 5 aromatic rings. The largest absolute Gasteiger partial charge is 0.417 e. The van der Waals surface area contributed by atoms with Crippen molar-refractivity contribution in [3.05, 3.63) is 95.7 Å². The summed E-state index contributed by atoms with van der Waals surface area (Å²) in [6, 6.07) is 14.3. The summed E-state index contributed by atoms with van der Waals surface area (Å²) in [5, 5.41) is 17.0. The number of para-hydroxylation sites is 1. The number of hydrogen-bond acceptors (Lipinski definition) is 6. The second-order valence-electron chi connectivity index (χ2n) is 8.28. The maximum Gasteiger partial charge on any atom is 0.417 e. The molecule has 0 aliphatic rings. The van der Waals surface area contributed by atoms with Gasteiger partial charge in [0.1, 0.15) is 16.9 Å². The van der Waals surface area contributed by atoms with Crippen LogP contribution in [0.3, 0.4) is 0 Å². The summed E-state index contributed by atoms with van der Waals surface area (Å²) in [7, 11) is 0. The fourth-order valence-electron chi connectivity index (χ4n) is 3.86. The first-order chi connectivity index (χ1) is 18.1. The van der Waals surface area contributed by atoms with Gasteiger partial charge in [0, 0.05) is 18.0 Å². The Kier molecular flexibility index (Phi) is 6.33. The predicted molar refractivity (Wildman–Crippen MR) is 130 cm³/mol. The number of benzene rings is 2. The lowest BCUT2D eigenvalue weighted by Crippen LogP contribution is -2.19. The van der Waals surface area contributed by atoms with E-state index in [9.17, 15) is 27.5 Å². The highest BCUT2D eigenvalue weighted by atomic mass is 19.4. The minimum Gasteiger partial charge on any atom is -0.387 e. The molecule has 0 radical (unpaired) electrons. The third-order valence-electron chi connectivity index (χ3n) is 5.66. The summed E-state index contributed by atoms with van der Waals surface area (Å²) >= 11 is 0. The molecule has 2 aromatic carbocycles. The van der Waals surface area contributed by atoms with Crippen LogP contribution in [0.2, 0.25) is 0 Å². The molecule has 1 atom stereocenters. The molecule has 5 rings (SSSR count). The molecule has 0 spiro atoms. The minimum atomic E-state index is -4.92. The number of nitrogens with zero attached hydrogens (tertiary/aromatic N) is 5. The topological polar surface area (TPSA) is 106 Å². The molecule has 38 heavy (non-hydrogen) atoms. The maximum atomic E-state index is 15.0. The quantitative estimate of drug-likeness (QED) is 0.302. The molecule has 12 heteroatoms. The van der Waals surface area contributed by atoms with Crippen LogP contribution in [0.25, 0.3) is 28.1 Å². The van der Waals surface area contributed by atoms with Crippen LogP contribution in [0.5, 0.6) is 0 Å². The van der Waals surface area contributed by atoms with E-state index in [4.69, 9.17) is 0 Å². The van der Waals surface area contributed by atoms with Gasteiger partial charge in [-0.2, -0.15) is 18.3 Å². The van der Waals surface area contributed by atoms with E-state index in [0.717, 1.165) is 6.07 Å². The zero-order valence-electron chi connectivity index (χ0n) is 19.6. The maximum absolute atomic E-state index is 15.0. The van der Waals surface area contributed by atoms with Crippen LogP contribution in [0.4, 0.5) is 23.4 Å². The summed E-state index contributed by atoms with van der Waals surface area (Å²) in [6.45, 7) is 1.51. The van der Waals surface area contributed by atoms with Gasteiger partial charge in [-0.15, -0.1) is 0 Å². The molecular formula is C26H18F4N6O2. The highest BCUT2D eigenvalue weighted by Gasteiger charge is 2.36. The third-order valence-corrected chi connectivity index (χ3v) is 5.66. The first-order valence-corrected chi connectivity index (χ1v) is 11.3. The van der Waals surface area contributed by atoms with Crippen molar-refractivity contribution in [1.82, 2.24) is 24.7 Å². The van der Waals surface area contributed by atoms with E-state index in [1.54, 1.807) is 42.5 Å². The van der Waals surface area contributed by atoms with Crippen LogP contribution in [-0.4, -0.2) is 35.7 Å². The SMILES string of the molecule is C[C@H](O)c1ccc2nn(-c3ccccc3)c(NC(=O)c3cc(-c4ncccn4)c(C(F)(F)F)cc3F)c2n1. The molecule has 0 bridgehead atoms. The fourth-order valence-corrected chi connectivity index (χ4v) is 3.86. The molecule has 8 nitrogen and oxygen atoms in total. The molecule has 2 N–H and O–H groups in total. The van der Waals surface area contributed by atoms with Gasteiger partial charge < -0.3 is 10.4 Å². The van der Waals surface area contributed by atoms with Crippen molar-refractivity contribution < 1.29 is 27.5 Å². The van der Waals surface area contributed by atoms with Crippen molar-refractivity contribution >= 4 is 22.8 Å². The van der Waals surface area contributed by atoms with Crippen LogP contribution < -0.4 is 5.32 Å². The lowest BCUT2D eigenvalue weighted by atomic mass is 10.0. The number of rotatable bonds is 5. The van der Waals surface area contributed by atoms with E-state index in [-0.39, 0.29) is 23.2 Å². The Labute approximate surface area is 212 Å². The van der Waals surface area contributed by atoms with E-state index < -0.39 is 40.7 Å². The number of halogens is 4. The van der Waals surface area contributed by atoms with Gasteiger partial charge in [0.05, 0.1) is 28.6 Å². The molecule has 0 fully saturated rings. The molecule has 192 valence electrons. The van der Waals surface area contributed by atoms with Gasteiger partial charge in [-0.05, 0) is 49.4 Å². The second-order valence-corrected chi connectivity index (χ2v) is 8.28. The normalized spacial score (nSPS) is 12.5. The van der Waals surface area contributed by atoms with E-state index in [2.05, 4.69) is 25.4 Å². The van der Waals surface area contributed by atoms with E-state index in [1.807, 2.05) is 0 Å². The van der Waals surface area contributed by atoms with Crippen LogP contribution in [0, 0.1) is 5.82 Å². The van der Waals surface area contributed by atoms with Crippen LogP contribution in [0.15, 0.2) is 73.1 Å². The van der Waals surface area contributed by atoms with Crippen LogP contribution >= 0.6 is 0 Å². The Morgan fingerprint density at radius 3 is 2.39 bits per heavy atom. The summed E-state index contributed by atoms with van der Waals surface area (Å²) in [5.41, 5.74) is -1.16. The van der Waals surface area contributed by atoms with Crippen LogP contribution in [-0.2, 0) is 6.18 Å². The Morgan fingerprint density at radius 2 is 1.74 bits per heavy atom. The van der Waals surface area contributed by atoms with Gasteiger partial charge in [-0.1, -0.05) is 18.2 Å². The van der Waals surface area contributed by atoms with E-state index in [0.29, 0.717) is 16.9 Å². The standard InChI is InChI=1S/C26H18F4N6O2/c1-14(37)20-8-9-21-22(33-20)24(36(35-21)15-6-3-2-4-7-15)34-25(38)17-12-16(23-31-10-5-11-32-23)18(13-19(17)27)26(28,29)30/h2-14,37H,1H3,(H,34,38)/t14-/m0/s1. The zero-order chi connectivity index (χ0) is 27.0. The number of aliphatic hydroxyl groups is 1.